The van der Waals surface area contributed by atoms with Gasteiger partial charge in [-0.25, -0.2) is 0 Å². The van der Waals surface area contributed by atoms with Crippen LogP contribution in [-0.4, -0.2) is 16.7 Å². The van der Waals surface area contributed by atoms with E-state index in [1.54, 1.807) is 0 Å². The molecule has 0 saturated heterocycles. The van der Waals surface area contributed by atoms with E-state index in [2.05, 4.69) is 23.2 Å². The van der Waals surface area contributed by atoms with Crippen LogP contribution in [0.1, 0.15) is 11.3 Å². The Morgan fingerprint density at radius 2 is 2.14 bits per heavy atom. The molecule has 0 radical (unpaired) electrons. The van der Waals surface area contributed by atoms with Gasteiger partial charge in [0.15, 0.2) is 0 Å². The number of aliphatic hydroxyl groups is 1. The lowest BCUT2D eigenvalue weighted by atomic mass is 10.1. The highest BCUT2D eigenvalue weighted by atomic mass is 16.2. The Bertz CT molecular complexity index is 451. The molecule has 0 aliphatic rings. The number of nitrogens with zero attached hydrogens (tertiary/aromatic N) is 1. The third kappa shape index (κ3) is 1.61. The lowest BCUT2D eigenvalue weighted by molar-refractivity contribution is 0.299. The Hall–Kier alpha value is -1.41. The lowest BCUT2D eigenvalue weighted by Gasteiger charge is -2.03. The van der Waals surface area contributed by atoms with Crippen molar-refractivity contribution in [2.75, 3.05) is 6.61 Å². The standard InChI is InChI=1S/C12H13NO/c1-9-12-8-10(5-7-14)2-3-11(12)4-6-13-9/h2-4,6,8,14H,5,7H2,1H3. The third-order valence-electron chi connectivity index (χ3n) is 2.43. The minimum atomic E-state index is 0.199. The topological polar surface area (TPSA) is 33.1 Å². The van der Waals surface area contributed by atoms with Gasteiger partial charge in [0.25, 0.3) is 0 Å². The molecule has 0 aliphatic carbocycles. The maximum atomic E-state index is 8.85. The fourth-order valence-electron chi connectivity index (χ4n) is 1.65. The first-order chi connectivity index (χ1) is 6.81. The molecule has 72 valence electrons. The van der Waals surface area contributed by atoms with Crippen molar-refractivity contribution in [2.24, 2.45) is 0 Å². The molecule has 2 nitrogen and oxygen atoms in total. The van der Waals surface area contributed by atoms with Crippen molar-refractivity contribution in [3.63, 3.8) is 0 Å². The van der Waals surface area contributed by atoms with Gasteiger partial charge < -0.3 is 5.11 Å². The molecule has 14 heavy (non-hydrogen) atoms. The van der Waals surface area contributed by atoms with E-state index in [-0.39, 0.29) is 6.61 Å². The Morgan fingerprint density at radius 1 is 1.29 bits per heavy atom. The number of benzene rings is 1. The molecule has 2 rings (SSSR count). The number of pyridine rings is 1. The maximum absolute atomic E-state index is 8.85. The molecule has 0 amide bonds. The van der Waals surface area contributed by atoms with Gasteiger partial charge in [-0.05, 0) is 36.4 Å². The second-order valence-corrected chi connectivity index (χ2v) is 3.43. The smallest absolute Gasteiger partial charge is 0.0471 e. The summed E-state index contributed by atoms with van der Waals surface area (Å²) in [6.07, 6.45) is 2.54. The van der Waals surface area contributed by atoms with Crippen molar-refractivity contribution in [1.82, 2.24) is 4.98 Å². The van der Waals surface area contributed by atoms with E-state index in [1.807, 2.05) is 19.2 Å². The molecule has 1 aromatic carbocycles. The quantitative estimate of drug-likeness (QED) is 0.780. The fraction of sp³-hybridized carbons (Fsp3) is 0.250. The predicted octanol–water partition coefficient (Wildman–Crippen LogP) is 2.08. The van der Waals surface area contributed by atoms with Crippen molar-refractivity contribution in [1.29, 1.82) is 0 Å². The van der Waals surface area contributed by atoms with E-state index in [4.69, 9.17) is 5.11 Å². The summed E-state index contributed by atoms with van der Waals surface area (Å²) in [5, 5.41) is 11.2. The molecule has 0 unspecified atom stereocenters. The van der Waals surface area contributed by atoms with Gasteiger partial charge in [-0.3, -0.25) is 4.98 Å². The molecule has 2 aromatic rings. The molecule has 0 spiro atoms. The molecule has 2 heteroatoms. The number of aliphatic hydroxyl groups excluding tert-OH is 1. The monoisotopic (exact) mass is 187 g/mol. The van der Waals surface area contributed by atoms with Gasteiger partial charge in [0.2, 0.25) is 0 Å². The molecular weight excluding hydrogens is 174 g/mol. The van der Waals surface area contributed by atoms with E-state index in [0.29, 0.717) is 6.42 Å². The minimum absolute atomic E-state index is 0.199. The predicted molar refractivity (Wildman–Crippen MR) is 57.3 cm³/mol. The zero-order chi connectivity index (χ0) is 9.97. The number of hydrogen-bond donors (Lipinski definition) is 1. The number of rotatable bonds is 2. The number of aromatic nitrogens is 1. The molecule has 1 N–H and O–H groups in total. The zero-order valence-corrected chi connectivity index (χ0v) is 8.20. The van der Waals surface area contributed by atoms with Gasteiger partial charge in [-0.15, -0.1) is 0 Å². The lowest BCUT2D eigenvalue weighted by Crippen LogP contribution is -1.91. The average Bonchev–Trinajstić information content (AvgIpc) is 2.20. The summed E-state index contributed by atoms with van der Waals surface area (Å²) in [6, 6.07) is 8.24. The molecule has 0 fully saturated rings. The summed E-state index contributed by atoms with van der Waals surface area (Å²) in [5.74, 6) is 0. The van der Waals surface area contributed by atoms with Crippen LogP contribution in [0.5, 0.6) is 0 Å². The van der Waals surface area contributed by atoms with Crippen LogP contribution in [0.2, 0.25) is 0 Å². The van der Waals surface area contributed by atoms with Crippen LogP contribution < -0.4 is 0 Å². The van der Waals surface area contributed by atoms with Crippen LogP contribution in [0.3, 0.4) is 0 Å². The summed E-state index contributed by atoms with van der Waals surface area (Å²) in [5.41, 5.74) is 2.21. The van der Waals surface area contributed by atoms with Crippen molar-refractivity contribution in [2.45, 2.75) is 13.3 Å². The fourth-order valence-corrected chi connectivity index (χ4v) is 1.65. The Morgan fingerprint density at radius 3 is 2.93 bits per heavy atom. The van der Waals surface area contributed by atoms with Crippen molar-refractivity contribution in [3.8, 4) is 0 Å². The van der Waals surface area contributed by atoms with E-state index in [0.717, 1.165) is 11.3 Å². The number of aryl methyl sites for hydroxylation is 1. The summed E-state index contributed by atoms with van der Waals surface area (Å²) in [6.45, 7) is 2.20. The number of hydrogen-bond acceptors (Lipinski definition) is 2. The maximum Gasteiger partial charge on any atom is 0.0471 e. The largest absolute Gasteiger partial charge is 0.396 e. The highest BCUT2D eigenvalue weighted by Crippen LogP contribution is 2.18. The van der Waals surface area contributed by atoms with Crippen LogP contribution >= 0.6 is 0 Å². The Kier molecular flexibility index (Phi) is 2.46. The normalized spacial score (nSPS) is 10.7. The molecule has 0 bridgehead atoms. The van der Waals surface area contributed by atoms with Crippen LogP contribution in [0.25, 0.3) is 10.8 Å². The summed E-state index contributed by atoms with van der Waals surface area (Å²) >= 11 is 0. The minimum Gasteiger partial charge on any atom is -0.396 e. The molecule has 0 aliphatic heterocycles. The van der Waals surface area contributed by atoms with Gasteiger partial charge in [0.1, 0.15) is 0 Å². The summed E-state index contributed by atoms with van der Waals surface area (Å²) in [4.78, 5) is 4.25. The average molecular weight is 187 g/mol. The van der Waals surface area contributed by atoms with Gasteiger partial charge in [0, 0.05) is 23.9 Å². The van der Waals surface area contributed by atoms with E-state index in [9.17, 15) is 0 Å². The van der Waals surface area contributed by atoms with Crippen LogP contribution in [0, 0.1) is 6.92 Å². The molecular formula is C12H13NO. The third-order valence-corrected chi connectivity index (χ3v) is 2.43. The first-order valence-corrected chi connectivity index (χ1v) is 4.76. The zero-order valence-electron chi connectivity index (χ0n) is 8.20. The second kappa shape index (κ2) is 3.76. The van der Waals surface area contributed by atoms with Crippen molar-refractivity contribution in [3.05, 3.63) is 41.7 Å². The molecule has 1 heterocycles. The highest BCUT2D eigenvalue weighted by molar-refractivity contribution is 5.84. The first kappa shape index (κ1) is 9.16. The van der Waals surface area contributed by atoms with Gasteiger partial charge in [-0.2, -0.15) is 0 Å². The Balaban J connectivity index is 2.58. The SMILES string of the molecule is Cc1nccc2ccc(CCO)cc12. The highest BCUT2D eigenvalue weighted by Gasteiger charge is 1.99. The van der Waals surface area contributed by atoms with Crippen LogP contribution in [0.15, 0.2) is 30.5 Å². The summed E-state index contributed by atoms with van der Waals surface area (Å²) < 4.78 is 0. The van der Waals surface area contributed by atoms with Gasteiger partial charge in [-0.1, -0.05) is 12.1 Å². The van der Waals surface area contributed by atoms with Crippen LogP contribution in [0.4, 0.5) is 0 Å². The molecule has 0 saturated carbocycles. The van der Waals surface area contributed by atoms with E-state index >= 15 is 0 Å². The van der Waals surface area contributed by atoms with Gasteiger partial charge >= 0.3 is 0 Å². The van der Waals surface area contributed by atoms with E-state index < -0.39 is 0 Å². The second-order valence-electron chi connectivity index (χ2n) is 3.43. The van der Waals surface area contributed by atoms with Crippen LogP contribution in [-0.2, 0) is 6.42 Å². The van der Waals surface area contributed by atoms with Crippen molar-refractivity contribution < 1.29 is 5.11 Å². The molecule has 1 aromatic heterocycles. The van der Waals surface area contributed by atoms with Crippen molar-refractivity contribution >= 4 is 10.8 Å². The molecule has 0 atom stereocenters. The summed E-state index contributed by atoms with van der Waals surface area (Å²) in [7, 11) is 0. The number of fused-ring (bicyclic) bond motifs is 1. The Labute approximate surface area is 83.2 Å². The first-order valence-electron chi connectivity index (χ1n) is 4.76. The van der Waals surface area contributed by atoms with E-state index in [1.165, 1.54) is 10.8 Å². The van der Waals surface area contributed by atoms with Gasteiger partial charge in [0.05, 0.1) is 0 Å².